The van der Waals surface area contributed by atoms with Gasteiger partial charge in [0.05, 0.1) is 68.1 Å². The van der Waals surface area contributed by atoms with E-state index in [9.17, 15) is 29.1 Å². The lowest BCUT2D eigenvalue weighted by atomic mass is 10.0. The Morgan fingerprint density at radius 3 is 2.12 bits per heavy atom. The number of amides is 5. The van der Waals surface area contributed by atoms with E-state index in [0.29, 0.717) is 59.0 Å². The van der Waals surface area contributed by atoms with Gasteiger partial charge in [0.1, 0.15) is 12.6 Å². The van der Waals surface area contributed by atoms with Crippen LogP contribution in [0.15, 0.2) is 77.8 Å². The van der Waals surface area contributed by atoms with Crippen LogP contribution >= 0.6 is 0 Å². The quantitative estimate of drug-likeness (QED) is 0.120. The van der Waals surface area contributed by atoms with Crippen molar-refractivity contribution in [1.29, 1.82) is 0 Å². The molecular formula is C47H55N7O11. The summed E-state index contributed by atoms with van der Waals surface area (Å²) in [6.45, 7) is 14.0. The van der Waals surface area contributed by atoms with Crippen molar-refractivity contribution in [3.63, 3.8) is 0 Å². The molecule has 4 aliphatic rings. The minimum absolute atomic E-state index is 0.0581. The third kappa shape index (κ3) is 9.78. The van der Waals surface area contributed by atoms with Crippen LogP contribution in [-0.4, -0.2) is 122 Å². The fraction of sp³-hybridized carbons (Fsp3) is 0.404. The molecule has 3 aromatic rings. The molecule has 2 saturated heterocycles. The predicted octanol–water partition coefficient (Wildman–Crippen LogP) is 4.71. The molecule has 7 rings (SSSR count). The molecule has 0 unspecified atom stereocenters. The van der Waals surface area contributed by atoms with Gasteiger partial charge in [0.25, 0.3) is 11.8 Å². The average molecular weight is 894 g/mol. The third-order valence-corrected chi connectivity index (χ3v) is 11.7. The van der Waals surface area contributed by atoms with Gasteiger partial charge in [-0.3, -0.25) is 24.2 Å². The number of aliphatic hydroxyl groups excluding tert-OH is 1. The van der Waals surface area contributed by atoms with E-state index < -0.39 is 48.2 Å². The summed E-state index contributed by atoms with van der Waals surface area (Å²) in [7, 11) is 2.92. The number of aliphatic hydroxyl groups is 1. The van der Waals surface area contributed by atoms with Gasteiger partial charge in [-0.2, -0.15) is 0 Å². The van der Waals surface area contributed by atoms with Crippen LogP contribution in [0.3, 0.4) is 0 Å². The Morgan fingerprint density at radius 2 is 1.46 bits per heavy atom. The van der Waals surface area contributed by atoms with Crippen LogP contribution in [0.25, 0.3) is 0 Å². The van der Waals surface area contributed by atoms with Gasteiger partial charge >= 0.3 is 6.09 Å². The molecule has 5 N–H and O–H groups in total. The van der Waals surface area contributed by atoms with Crippen molar-refractivity contribution in [2.24, 2.45) is 16.6 Å². The van der Waals surface area contributed by atoms with Gasteiger partial charge in [-0.1, -0.05) is 50.3 Å². The SMILES string of the molecule is C=C1C[C@H]2C=Nc3cc(OCCCOc4cc5c(cc4OC)C(=O)N4CC(=C)C[C@H]4[C@H](O)N5C(=O)OCc4ccc(NC(=O)[C@H](C)NC(=O)[C@@H](N)C(C)C)cc4)c(OC)cc3C(=O)N2C1. The number of aliphatic imine (C=N–C) groups is 1. The summed E-state index contributed by atoms with van der Waals surface area (Å²) in [4.78, 5) is 75.4. The maximum absolute atomic E-state index is 14.1. The monoisotopic (exact) mass is 893 g/mol. The highest BCUT2D eigenvalue weighted by molar-refractivity contribution is 6.06. The molecule has 0 spiro atoms. The summed E-state index contributed by atoms with van der Waals surface area (Å²) in [6.07, 6.45) is 0.616. The lowest BCUT2D eigenvalue weighted by Crippen LogP contribution is -2.50. The second kappa shape index (κ2) is 19.4. The smallest absolute Gasteiger partial charge is 0.416 e. The van der Waals surface area contributed by atoms with Crippen LogP contribution < -0.4 is 40.2 Å². The second-order valence-electron chi connectivity index (χ2n) is 16.8. The Kier molecular flexibility index (Phi) is 13.8. The Hall–Kier alpha value is -6.92. The molecule has 4 heterocycles. The minimum atomic E-state index is -1.51. The van der Waals surface area contributed by atoms with Gasteiger partial charge in [-0.05, 0) is 55.5 Å². The van der Waals surface area contributed by atoms with Gasteiger partial charge in [-0.25, -0.2) is 9.69 Å². The zero-order valence-electron chi connectivity index (χ0n) is 37.1. The highest BCUT2D eigenvalue weighted by atomic mass is 16.6. The highest BCUT2D eigenvalue weighted by Gasteiger charge is 2.46. The number of ether oxygens (including phenoxy) is 5. The van der Waals surface area contributed by atoms with Crippen LogP contribution in [0.2, 0.25) is 0 Å². The highest BCUT2D eigenvalue weighted by Crippen LogP contribution is 2.43. The van der Waals surface area contributed by atoms with E-state index in [1.807, 2.05) is 13.8 Å². The Morgan fingerprint density at radius 1 is 0.846 bits per heavy atom. The van der Waals surface area contributed by atoms with Crippen LogP contribution in [0.1, 0.15) is 66.3 Å². The molecule has 4 aliphatic heterocycles. The number of anilines is 2. The van der Waals surface area contributed by atoms with E-state index in [1.54, 1.807) is 54.4 Å². The van der Waals surface area contributed by atoms with E-state index in [-0.39, 0.29) is 73.4 Å². The first-order chi connectivity index (χ1) is 31.1. The normalized spacial score (nSPS) is 19.6. The van der Waals surface area contributed by atoms with Crippen molar-refractivity contribution in [1.82, 2.24) is 15.1 Å². The van der Waals surface area contributed by atoms with Crippen LogP contribution in [0.5, 0.6) is 23.0 Å². The van der Waals surface area contributed by atoms with Crippen molar-refractivity contribution in [3.8, 4) is 23.0 Å². The molecule has 0 radical (unpaired) electrons. The summed E-state index contributed by atoms with van der Waals surface area (Å²) >= 11 is 0. The van der Waals surface area contributed by atoms with Crippen LogP contribution in [-0.2, 0) is 20.9 Å². The Balaban J connectivity index is 1.02. The number of carbonyl (C=O) groups excluding carboxylic acids is 5. The van der Waals surface area contributed by atoms with Gasteiger partial charge in [0.15, 0.2) is 29.2 Å². The van der Waals surface area contributed by atoms with Crippen molar-refractivity contribution >= 4 is 53.0 Å². The molecule has 0 aliphatic carbocycles. The molecule has 344 valence electrons. The maximum atomic E-state index is 14.1. The number of nitrogens with one attached hydrogen (secondary N) is 2. The van der Waals surface area contributed by atoms with E-state index in [0.717, 1.165) is 10.5 Å². The van der Waals surface area contributed by atoms with Crippen LogP contribution in [0.4, 0.5) is 21.9 Å². The Labute approximate surface area is 377 Å². The molecule has 3 aromatic carbocycles. The number of nitrogens with zero attached hydrogens (tertiary/aromatic N) is 4. The number of rotatable bonds is 15. The number of fused-ring (bicyclic) bond motifs is 4. The second-order valence-corrected chi connectivity index (χ2v) is 16.8. The molecule has 65 heavy (non-hydrogen) atoms. The number of hydrogen-bond donors (Lipinski definition) is 4. The molecule has 5 amide bonds. The number of methoxy groups -OCH3 is 2. The maximum Gasteiger partial charge on any atom is 0.416 e. The van der Waals surface area contributed by atoms with Crippen LogP contribution in [0, 0.1) is 5.92 Å². The molecule has 5 atom stereocenters. The third-order valence-electron chi connectivity index (χ3n) is 11.7. The van der Waals surface area contributed by atoms with Gasteiger partial charge in [0.2, 0.25) is 11.8 Å². The minimum Gasteiger partial charge on any atom is -0.493 e. The van der Waals surface area contributed by atoms with Crippen molar-refractivity contribution in [3.05, 3.63) is 89.5 Å². The largest absolute Gasteiger partial charge is 0.493 e. The van der Waals surface area contributed by atoms with E-state index in [1.165, 1.54) is 31.3 Å². The van der Waals surface area contributed by atoms with E-state index in [4.69, 9.17) is 29.4 Å². The van der Waals surface area contributed by atoms with Crippen molar-refractivity contribution in [2.75, 3.05) is 50.7 Å². The zero-order valence-corrected chi connectivity index (χ0v) is 37.1. The molecule has 18 nitrogen and oxygen atoms in total. The molecule has 18 heteroatoms. The summed E-state index contributed by atoms with van der Waals surface area (Å²) in [5.74, 6) is -0.369. The Bertz CT molecular complexity index is 2420. The lowest BCUT2D eigenvalue weighted by molar-refractivity contribution is -0.127. The molecular weight excluding hydrogens is 839 g/mol. The summed E-state index contributed by atoms with van der Waals surface area (Å²) in [5, 5.41) is 17.2. The topological polar surface area (TPSA) is 224 Å². The molecule has 0 bridgehead atoms. The van der Waals surface area contributed by atoms with Gasteiger partial charge < -0.3 is 55.0 Å². The fourth-order valence-electron chi connectivity index (χ4n) is 8.04. The summed E-state index contributed by atoms with van der Waals surface area (Å²) in [5.41, 5.74) is 9.62. The van der Waals surface area contributed by atoms with E-state index >= 15 is 0 Å². The fourth-order valence-corrected chi connectivity index (χ4v) is 8.04. The molecule has 0 aromatic heterocycles. The van der Waals surface area contributed by atoms with Gasteiger partial charge in [0, 0.05) is 43.5 Å². The number of hydrogen-bond acceptors (Lipinski definition) is 13. The van der Waals surface area contributed by atoms with Crippen molar-refractivity contribution < 1.29 is 52.8 Å². The average Bonchev–Trinajstić information content (AvgIpc) is 3.83. The number of nitrogens with two attached hydrogens (primary N) is 1. The van der Waals surface area contributed by atoms with Gasteiger partial charge in [-0.15, -0.1) is 0 Å². The first kappa shape index (κ1) is 46.1. The molecule has 0 saturated carbocycles. The first-order valence-electron chi connectivity index (χ1n) is 21.4. The first-order valence-corrected chi connectivity index (χ1v) is 21.4. The number of carbonyl (C=O) groups is 5. The van der Waals surface area contributed by atoms with Crippen molar-refractivity contribution in [2.45, 2.75) is 77.0 Å². The lowest BCUT2D eigenvalue weighted by Gasteiger charge is -2.31. The zero-order chi connectivity index (χ0) is 46.7. The standard InChI is InChI=1S/C47H55N7O11/c1-25(2)41(48)43(56)50-28(5)42(55)51-30-11-9-29(10-12-30)24-65-47(60)54-35-20-40(38(62-7)18-33(35)45(58)53-23-27(4)16-36(53)46(54)59)64-14-8-13-63-39-19-34-32(17-37(39)61-6)44(57)52-22-26(3)15-31(52)21-49-34/h9-12,17-21,25,28,31,36,41,46,59H,3-4,8,13-16,22-24,48H2,1-2,5-7H3,(H,50,56)(H,51,55)/t28-,31-,36-,41-,46-/m0/s1. The predicted molar refractivity (Wildman–Crippen MR) is 241 cm³/mol. The number of benzene rings is 3. The summed E-state index contributed by atoms with van der Waals surface area (Å²) < 4.78 is 29.2. The molecule has 2 fully saturated rings. The van der Waals surface area contributed by atoms with E-state index in [2.05, 4.69) is 28.8 Å². The summed E-state index contributed by atoms with van der Waals surface area (Å²) in [6, 6.07) is 10.2.